The Hall–Kier alpha value is -1.59. The van der Waals surface area contributed by atoms with Crippen molar-refractivity contribution < 1.29 is 9.15 Å². The summed E-state index contributed by atoms with van der Waals surface area (Å²) in [5.41, 5.74) is 2.57. The van der Waals surface area contributed by atoms with Gasteiger partial charge in [0.05, 0.1) is 12.1 Å². The maximum Gasteiger partial charge on any atom is 0.419 e. The summed E-state index contributed by atoms with van der Waals surface area (Å²) in [5, 5.41) is 3.15. The fourth-order valence-electron chi connectivity index (χ4n) is 2.12. The van der Waals surface area contributed by atoms with E-state index in [0.717, 1.165) is 17.6 Å². The highest BCUT2D eigenvalue weighted by atomic mass is 16.5. The van der Waals surface area contributed by atoms with Gasteiger partial charge in [0.1, 0.15) is 0 Å². The number of aromatic nitrogens is 1. The molecule has 5 nitrogen and oxygen atoms in total. The van der Waals surface area contributed by atoms with Crippen molar-refractivity contribution in [3.8, 4) is 0 Å². The van der Waals surface area contributed by atoms with Crippen molar-refractivity contribution in [1.29, 1.82) is 0 Å². The second-order valence-corrected chi connectivity index (χ2v) is 4.36. The van der Waals surface area contributed by atoms with Gasteiger partial charge in [-0.2, -0.15) is 0 Å². The standard InChI is InChI=1S/C13H18N2O3/c1-14-7-10(8-17-3)9-4-5-12-11(6-9)15(2)13(16)18-12/h4-6,10,14H,7-8H2,1-3H3. The molecule has 1 aromatic heterocycles. The van der Waals surface area contributed by atoms with Gasteiger partial charge in [-0.3, -0.25) is 4.57 Å². The van der Waals surface area contributed by atoms with Crippen LogP contribution in [0.15, 0.2) is 27.4 Å². The van der Waals surface area contributed by atoms with Crippen molar-refractivity contribution in [1.82, 2.24) is 9.88 Å². The van der Waals surface area contributed by atoms with Crippen molar-refractivity contribution in [3.05, 3.63) is 34.3 Å². The van der Waals surface area contributed by atoms with Gasteiger partial charge in [-0.05, 0) is 24.7 Å². The lowest BCUT2D eigenvalue weighted by Gasteiger charge is -2.16. The average molecular weight is 250 g/mol. The van der Waals surface area contributed by atoms with Gasteiger partial charge < -0.3 is 14.5 Å². The molecular formula is C13H18N2O3. The van der Waals surface area contributed by atoms with Crippen LogP contribution in [0.3, 0.4) is 0 Å². The van der Waals surface area contributed by atoms with E-state index in [-0.39, 0.29) is 11.7 Å². The van der Waals surface area contributed by atoms with Crippen LogP contribution in [-0.4, -0.2) is 31.9 Å². The van der Waals surface area contributed by atoms with E-state index in [1.807, 2.05) is 25.2 Å². The first kappa shape index (κ1) is 12.9. The van der Waals surface area contributed by atoms with E-state index in [0.29, 0.717) is 12.2 Å². The Kier molecular flexibility index (Phi) is 3.84. The molecule has 18 heavy (non-hydrogen) atoms. The largest absolute Gasteiger partial charge is 0.419 e. The molecule has 0 saturated heterocycles. The Bertz CT molecular complexity index is 579. The highest BCUT2D eigenvalue weighted by Gasteiger charge is 2.13. The summed E-state index contributed by atoms with van der Waals surface area (Å²) in [6, 6.07) is 5.80. The predicted molar refractivity (Wildman–Crippen MR) is 70.0 cm³/mol. The van der Waals surface area contributed by atoms with Crippen molar-refractivity contribution >= 4 is 11.1 Å². The van der Waals surface area contributed by atoms with Gasteiger partial charge in [-0.1, -0.05) is 6.07 Å². The molecule has 98 valence electrons. The summed E-state index contributed by atoms with van der Waals surface area (Å²) in [4.78, 5) is 11.4. The third-order valence-corrected chi connectivity index (χ3v) is 3.11. The quantitative estimate of drug-likeness (QED) is 0.862. The Labute approximate surface area is 105 Å². The van der Waals surface area contributed by atoms with Gasteiger partial charge in [-0.25, -0.2) is 4.79 Å². The van der Waals surface area contributed by atoms with Gasteiger partial charge in [0.15, 0.2) is 5.58 Å². The summed E-state index contributed by atoms with van der Waals surface area (Å²) in [5.74, 6) is -0.0755. The summed E-state index contributed by atoms with van der Waals surface area (Å²) in [6.07, 6.45) is 0. The van der Waals surface area contributed by atoms with E-state index in [1.165, 1.54) is 4.57 Å². The van der Waals surface area contributed by atoms with E-state index < -0.39 is 0 Å². The Morgan fingerprint density at radius 3 is 2.94 bits per heavy atom. The van der Waals surface area contributed by atoms with E-state index in [9.17, 15) is 4.79 Å². The molecule has 0 radical (unpaired) electrons. The molecule has 0 bridgehead atoms. The van der Waals surface area contributed by atoms with Gasteiger partial charge in [0.25, 0.3) is 0 Å². The molecule has 2 aromatic rings. The van der Waals surface area contributed by atoms with Gasteiger partial charge in [0, 0.05) is 26.6 Å². The van der Waals surface area contributed by atoms with Gasteiger partial charge >= 0.3 is 5.76 Å². The van der Waals surface area contributed by atoms with Crippen molar-refractivity contribution in [2.24, 2.45) is 7.05 Å². The third kappa shape index (κ3) is 2.32. The Balaban J connectivity index is 2.43. The Morgan fingerprint density at radius 2 is 2.28 bits per heavy atom. The number of aryl methyl sites for hydroxylation is 1. The molecule has 0 fully saturated rings. The molecule has 0 aliphatic heterocycles. The number of rotatable bonds is 5. The number of methoxy groups -OCH3 is 1. The monoisotopic (exact) mass is 250 g/mol. The second-order valence-electron chi connectivity index (χ2n) is 4.36. The van der Waals surface area contributed by atoms with Crippen LogP contribution >= 0.6 is 0 Å². The smallest absolute Gasteiger partial charge is 0.408 e. The molecule has 0 aliphatic rings. The van der Waals surface area contributed by atoms with E-state index in [1.54, 1.807) is 14.2 Å². The number of fused-ring (bicyclic) bond motifs is 1. The topological polar surface area (TPSA) is 56.4 Å². The van der Waals surface area contributed by atoms with Crippen LogP contribution in [0.25, 0.3) is 11.1 Å². The van der Waals surface area contributed by atoms with E-state index in [4.69, 9.17) is 9.15 Å². The van der Waals surface area contributed by atoms with Crippen LogP contribution in [0.1, 0.15) is 11.5 Å². The number of oxazole rings is 1. The molecular weight excluding hydrogens is 232 g/mol. The molecule has 5 heteroatoms. The van der Waals surface area contributed by atoms with Crippen LogP contribution in [0.2, 0.25) is 0 Å². The average Bonchev–Trinajstić information content (AvgIpc) is 2.65. The SMILES string of the molecule is CNCC(COC)c1ccc2oc(=O)n(C)c2c1. The first-order valence-electron chi connectivity index (χ1n) is 5.90. The first-order chi connectivity index (χ1) is 8.67. The predicted octanol–water partition coefficient (Wildman–Crippen LogP) is 1.08. The van der Waals surface area contributed by atoms with E-state index >= 15 is 0 Å². The summed E-state index contributed by atoms with van der Waals surface area (Å²) >= 11 is 0. The summed E-state index contributed by atoms with van der Waals surface area (Å²) in [7, 11) is 5.31. The van der Waals surface area contributed by atoms with Crippen LogP contribution in [-0.2, 0) is 11.8 Å². The molecule has 0 spiro atoms. The molecule has 0 amide bonds. The number of hydrogen-bond acceptors (Lipinski definition) is 4. The van der Waals surface area contributed by atoms with Crippen molar-refractivity contribution in [3.63, 3.8) is 0 Å². The zero-order chi connectivity index (χ0) is 13.1. The fourth-order valence-corrected chi connectivity index (χ4v) is 2.12. The summed E-state index contributed by atoms with van der Waals surface area (Å²) in [6.45, 7) is 1.46. The number of nitrogens with zero attached hydrogens (tertiary/aromatic N) is 1. The molecule has 1 N–H and O–H groups in total. The lowest BCUT2D eigenvalue weighted by molar-refractivity contribution is 0.178. The highest BCUT2D eigenvalue weighted by molar-refractivity contribution is 5.73. The van der Waals surface area contributed by atoms with Crippen LogP contribution in [0, 0.1) is 0 Å². The summed E-state index contributed by atoms with van der Waals surface area (Å²) < 4.78 is 11.9. The van der Waals surface area contributed by atoms with Crippen LogP contribution < -0.4 is 11.1 Å². The van der Waals surface area contributed by atoms with Gasteiger partial charge in [0.2, 0.25) is 0 Å². The maximum atomic E-state index is 11.4. The van der Waals surface area contributed by atoms with Crippen LogP contribution in [0.5, 0.6) is 0 Å². The maximum absolute atomic E-state index is 11.4. The number of benzene rings is 1. The van der Waals surface area contributed by atoms with Crippen molar-refractivity contribution in [2.75, 3.05) is 27.3 Å². The fraction of sp³-hybridized carbons (Fsp3) is 0.462. The van der Waals surface area contributed by atoms with E-state index in [2.05, 4.69) is 5.32 Å². The lowest BCUT2D eigenvalue weighted by atomic mass is 9.99. The van der Waals surface area contributed by atoms with Gasteiger partial charge in [-0.15, -0.1) is 0 Å². The third-order valence-electron chi connectivity index (χ3n) is 3.11. The number of ether oxygens (including phenoxy) is 1. The molecule has 0 aliphatic carbocycles. The molecule has 0 saturated carbocycles. The normalized spacial score (nSPS) is 13.1. The molecule has 1 atom stereocenters. The number of hydrogen-bond donors (Lipinski definition) is 1. The molecule has 1 heterocycles. The molecule has 1 unspecified atom stereocenters. The zero-order valence-electron chi connectivity index (χ0n) is 10.9. The number of likely N-dealkylation sites (N-methyl/N-ethyl adjacent to an activating group) is 1. The first-order valence-corrected chi connectivity index (χ1v) is 5.90. The number of nitrogens with one attached hydrogen (secondary N) is 1. The minimum atomic E-state index is -0.334. The minimum Gasteiger partial charge on any atom is -0.408 e. The molecule has 1 aromatic carbocycles. The Morgan fingerprint density at radius 1 is 1.50 bits per heavy atom. The van der Waals surface area contributed by atoms with Crippen LogP contribution in [0.4, 0.5) is 0 Å². The zero-order valence-corrected chi connectivity index (χ0v) is 10.9. The second kappa shape index (κ2) is 5.37. The van der Waals surface area contributed by atoms with Crippen molar-refractivity contribution in [2.45, 2.75) is 5.92 Å². The highest BCUT2D eigenvalue weighted by Crippen LogP contribution is 2.21. The lowest BCUT2D eigenvalue weighted by Crippen LogP contribution is -2.21. The minimum absolute atomic E-state index is 0.259. The molecule has 2 rings (SSSR count).